The van der Waals surface area contributed by atoms with Gasteiger partial charge >= 0.3 is 0 Å². The highest BCUT2D eigenvalue weighted by molar-refractivity contribution is 9.10. The van der Waals surface area contributed by atoms with Crippen molar-refractivity contribution >= 4 is 21.8 Å². The first-order valence-electron chi connectivity index (χ1n) is 6.69. The molecular formula is C14H17BrN2O. The number of nitrogens with zero attached hydrogens (tertiary/aromatic N) is 2. The van der Waals surface area contributed by atoms with E-state index in [-0.39, 0.29) is 5.91 Å². The van der Waals surface area contributed by atoms with Gasteiger partial charge in [0, 0.05) is 12.6 Å². The Morgan fingerprint density at radius 3 is 2.94 bits per heavy atom. The van der Waals surface area contributed by atoms with Crippen molar-refractivity contribution in [3.63, 3.8) is 0 Å². The van der Waals surface area contributed by atoms with Crippen LogP contribution in [0.15, 0.2) is 22.8 Å². The molecule has 1 aliphatic heterocycles. The summed E-state index contributed by atoms with van der Waals surface area (Å²) in [6.45, 7) is 0.897. The molecule has 3 rings (SSSR count). The van der Waals surface area contributed by atoms with Gasteiger partial charge in [-0.25, -0.2) is 4.98 Å². The predicted octanol–water partition coefficient (Wildman–Crippen LogP) is 3.25. The highest BCUT2D eigenvalue weighted by Crippen LogP contribution is 2.37. The maximum absolute atomic E-state index is 12.5. The predicted molar refractivity (Wildman–Crippen MR) is 73.3 cm³/mol. The number of aromatic nitrogens is 1. The molecular weight excluding hydrogens is 292 g/mol. The molecule has 0 spiro atoms. The number of fused-ring (bicyclic) bond motifs is 1. The van der Waals surface area contributed by atoms with E-state index >= 15 is 0 Å². The van der Waals surface area contributed by atoms with E-state index in [4.69, 9.17) is 0 Å². The number of carbonyl (C=O) groups is 1. The summed E-state index contributed by atoms with van der Waals surface area (Å²) in [5, 5.41) is 0. The molecule has 1 aromatic heterocycles. The van der Waals surface area contributed by atoms with E-state index in [1.54, 1.807) is 0 Å². The standard InChI is InChI=1S/C14H17BrN2O/c15-13-8-2-6-11(16-13)14(18)17-9-3-5-10-4-1-7-12(10)17/h2,6,8,10,12H,1,3-5,7,9H2. The summed E-state index contributed by atoms with van der Waals surface area (Å²) in [5.41, 5.74) is 0.567. The fourth-order valence-corrected chi connectivity index (χ4v) is 3.72. The summed E-state index contributed by atoms with van der Waals surface area (Å²) in [7, 11) is 0. The van der Waals surface area contributed by atoms with Gasteiger partial charge < -0.3 is 4.90 Å². The average Bonchev–Trinajstić information content (AvgIpc) is 2.86. The molecule has 1 aliphatic carbocycles. The maximum Gasteiger partial charge on any atom is 0.272 e. The van der Waals surface area contributed by atoms with Gasteiger partial charge in [0.25, 0.3) is 5.91 Å². The van der Waals surface area contributed by atoms with Crippen LogP contribution in [0.4, 0.5) is 0 Å². The highest BCUT2D eigenvalue weighted by Gasteiger charge is 2.37. The Hall–Kier alpha value is -0.900. The lowest BCUT2D eigenvalue weighted by atomic mass is 9.92. The molecule has 0 bridgehead atoms. The number of hydrogen-bond acceptors (Lipinski definition) is 2. The lowest BCUT2D eigenvalue weighted by molar-refractivity contribution is 0.0542. The van der Waals surface area contributed by atoms with Crippen molar-refractivity contribution in [2.24, 2.45) is 5.92 Å². The quantitative estimate of drug-likeness (QED) is 0.746. The molecule has 0 radical (unpaired) electrons. The second-order valence-electron chi connectivity index (χ2n) is 5.24. The monoisotopic (exact) mass is 308 g/mol. The third-order valence-corrected chi connectivity index (χ3v) is 4.63. The first kappa shape index (κ1) is 12.2. The minimum absolute atomic E-state index is 0.105. The molecule has 1 saturated heterocycles. The zero-order chi connectivity index (χ0) is 12.5. The van der Waals surface area contributed by atoms with Crippen LogP contribution in [-0.2, 0) is 0 Å². The molecule has 4 heteroatoms. The number of likely N-dealkylation sites (tertiary alicyclic amines) is 1. The molecule has 2 atom stereocenters. The van der Waals surface area contributed by atoms with Gasteiger partial charge in [-0.3, -0.25) is 4.79 Å². The number of hydrogen-bond donors (Lipinski definition) is 0. The van der Waals surface area contributed by atoms with Crippen LogP contribution in [0, 0.1) is 5.92 Å². The van der Waals surface area contributed by atoms with Crippen LogP contribution in [-0.4, -0.2) is 28.4 Å². The van der Waals surface area contributed by atoms with Gasteiger partial charge in [0.2, 0.25) is 0 Å². The summed E-state index contributed by atoms with van der Waals surface area (Å²) in [6, 6.07) is 6.00. The average molecular weight is 309 g/mol. The third-order valence-electron chi connectivity index (χ3n) is 4.19. The van der Waals surface area contributed by atoms with Gasteiger partial charge in [-0.2, -0.15) is 0 Å². The summed E-state index contributed by atoms with van der Waals surface area (Å²) in [4.78, 5) is 18.9. The second-order valence-corrected chi connectivity index (χ2v) is 6.06. The number of piperidine rings is 1. The van der Waals surface area contributed by atoms with Gasteiger partial charge in [-0.05, 0) is 59.7 Å². The smallest absolute Gasteiger partial charge is 0.272 e. The number of rotatable bonds is 1. The van der Waals surface area contributed by atoms with Crippen LogP contribution in [0.1, 0.15) is 42.6 Å². The van der Waals surface area contributed by atoms with E-state index in [0.29, 0.717) is 11.7 Å². The third kappa shape index (κ3) is 2.18. The molecule has 96 valence electrons. The Morgan fingerprint density at radius 1 is 1.28 bits per heavy atom. The Morgan fingerprint density at radius 2 is 2.11 bits per heavy atom. The summed E-state index contributed by atoms with van der Waals surface area (Å²) in [5.74, 6) is 0.836. The first-order chi connectivity index (χ1) is 8.75. The van der Waals surface area contributed by atoms with Crippen LogP contribution < -0.4 is 0 Å². The maximum atomic E-state index is 12.5. The van der Waals surface area contributed by atoms with Crippen LogP contribution >= 0.6 is 15.9 Å². The second kappa shape index (κ2) is 5.00. The topological polar surface area (TPSA) is 33.2 Å². The molecule has 0 N–H and O–H groups in total. The molecule has 1 aromatic rings. The molecule has 0 aromatic carbocycles. The lowest BCUT2D eigenvalue weighted by Gasteiger charge is -2.37. The van der Waals surface area contributed by atoms with Crippen molar-refractivity contribution in [1.82, 2.24) is 9.88 Å². The molecule has 1 amide bonds. The Labute approximate surface area is 116 Å². The molecule has 2 heterocycles. The number of pyridine rings is 1. The number of halogens is 1. The van der Waals surface area contributed by atoms with Gasteiger partial charge in [-0.15, -0.1) is 0 Å². The molecule has 18 heavy (non-hydrogen) atoms. The van der Waals surface area contributed by atoms with Crippen LogP contribution in [0.25, 0.3) is 0 Å². The van der Waals surface area contributed by atoms with Crippen molar-refractivity contribution in [3.05, 3.63) is 28.5 Å². The van der Waals surface area contributed by atoms with Crippen LogP contribution in [0.3, 0.4) is 0 Å². The lowest BCUT2D eigenvalue weighted by Crippen LogP contribution is -2.46. The molecule has 2 unspecified atom stereocenters. The fourth-order valence-electron chi connectivity index (χ4n) is 3.38. The summed E-state index contributed by atoms with van der Waals surface area (Å²) < 4.78 is 0.730. The van der Waals surface area contributed by atoms with Crippen LogP contribution in [0.2, 0.25) is 0 Å². The Kier molecular flexibility index (Phi) is 3.37. The number of amides is 1. The van der Waals surface area contributed by atoms with Gasteiger partial charge in [0.15, 0.2) is 0 Å². The fraction of sp³-hybridized carbons (Fsp3) is 0.571. The van der Waals surface area contributed by atoms with Crippen molar-refractivity contribution in [3.8, 4) is 0 Å². The van der Waals surface area contributed by atoms with E-state index in [1.165, 1.54) is 25.7 Å². The molecule has 1 saturated carbocycles. The SMILES string of the molecule is O=C(c1cccc(Br)n1)N1CCCC2CCCC21. The van der Waals surface area contributed by atoms with Crippen molar-refractivity contribution in [1.29, 1.82) is 0 Å². The Balaban J connectivity index is 1.83. The van der Waals surface area contributed by atoms with E-state index in [2.05, 4.69) is 25.8 Å². The van der Waals surface area contributed by atoms with E-state index in [0.717, 1.165) is 23.5 Å². The molecule has 3 nitrogen and oxygen atoms in total. The van der Waals surface area contributed by atoms with Crippen LogP contribution in [0.5, 0.6) is 0 Å². The summed E-state index contributed by atoms with van der Waals surface area (Å²) in [6.07, 6.45) is 6.16. The van der Waals surface area contributed by atoms with Gasteiger partial charge in [0.05, 0.1) is 0 Å². The van der Waals surface area contributed by atoms with E-state index in [9.17, 15) is 4.79 Å². The van der Waals surface area contributed by atoms with E-state index < -0.39 is 0 Å². The van der Waals surface area contributed by atoms with Gasteiger partial charge in [-0.1, -0.05) is 12.5 Å². The zero-order valence-corrected chi connectivity index (χ0v) is 11.9. The van der Waals surface area contributed by atoms with Gasteiger partial charge in [0.1, 0.15) is 10.3 Å². The largest absolute Gasteiger partial charge is 0.334 e. The normalized spacial score (nSPS) is 27.1. The molecule has 2 fully saturated rings. The first-order valence-corrected chi connectivity index (χ1v) is 7.48. The Bertz CT molecular complexity index is 463. The number of carbonyl (C=O) groups excluding carboxylic acids is 1. The van der Waals surface area contributed by atoms with Crippen molar-refractivity contribution in [2.45, 2.75) is 38.1 Å². The zero-order valence-electron chi connectivity index (χ0n) is 10.3. The summed E-state index contributed by atoms with van der Waals surface area (Å²) >= 11 is 3.33. The van der Waals surface area contributed by atoms with Crippen molar-refractivity contribution in [2.75, 3.05) is 6.54 Å². The van der Waals surface area contributed by atoms with E-state index in [1.807, 2.05) is 18.2 Å². The van der Waals surface area contributed by atoms with Crippen molar-refractivity contribution < 1.29 is 4.79 Å². The minimum Gasteiger partial charge on any atom is -0.334 e. The minimum atomic E-state index is 0.105. The molecule has 2 aliphatic rings. The highest BCUT2D eigenvalue weighted by atomic mass is 79.9.